The van der Waals surface area contributed by atoms with E-state index in [4.69, 9.17) is 0 Å². The Morgan fingerprint density at radius 3 is 3.00 bits per heavy atom. The van der Waals surface area contributed by atoms with Crippen molar-refractivity contribution in [2.75, 3.05) is 0 Å². The van der Waals surface area contributed by atoms with Gasteiger partial charge in [-0.15, -0.1) is 0 Å². The lowest BCUT2D eigenvalue weighted by Crippen LogP contribution is -2.34. The second-order valence-corrected chi connectivity index (χ2v) is 2.85. The summed E-state index contributed by atoms with van der Waals surface area (Å²) in [5.74, 6) is 0.0975. The van der Waals surface area contributed by atoms with E-state index in [0.717, 1.165) is 12.8 Å². The lowest BCUT2D eigenvalue weighted by atomic mass is 9.95. The van der Waals surface area contributed by atoms with E-state index in [0.29, 0.717) is 6.04 Å². The summed E-state index contributed by atoms with van der Waals surface area (Å²) in [4.78, 5) is 10.6. The van der Waals surface area contributed by atoms with E-state index in [-0.39, 0.29) is 5.91 Å². The van der Waals surface area contributed by atoms with Gasteiger partial charge in [-0.25, -0.2) is 0 Å². The second kappa shape index (κ2) is 3.59. The van der Waals surface area contributed by atoms with Gasteiger partial charge in [-0.05, 0) is 19.3 Å². The minimum atomic E-state index is 0.0975. The van der Waals surface area contributed by atoms with Crippen molar-refractivity contribution in [3.63, 3.8) is 0 Å². The van der Waals surface area contributed by atoms with E-state index in [2.05, 4.69) is 11.7 Å². The van der Waals surface area contributed by atoms with E-state index >= 15 is 0 Å². The third-order valence-electron chi connectivity index (χ3n) is 1.82. The van der Waals surface area contributed by atoms with Crippen molar-refractivity contribution in [2.45, 2.75) is 38.6 Å². The lowest BCUT2D eigenvalue weighted by Gasteiger charge is -2.21. The van der Waals surface area contributed by atoms with Crippen LogP contribution in [0.3, 0.4) is 0 Å². The number of carbonyl (C=O) groups is 1. The SMILES string of the molecule is CC(=O)NC1C[CH]CCC1. The fraction of sp³-hybridized carbons (Fsp3) is 0.750. The van der Waals surface area contributed by atoms with E-state index in [1.165, 1.54) is 12.8 Å². The molecule has 1 N–H and O–H groups in total. The van der Waals surface area contributed by atoms with Crippen molar-refractivity contribution in [1.82, 2.24) is 5.32 Å². The normalized spacial score (nSPS) is 20.5. The summed E-state index contributed by atoms with van der Waals surface area (Å²) in [6.07, 6.45) is 6.90. The minimum Gasteiger partial charge on any atom is -0.354 e. The Labute approximate surface area is 62.0 Å². The van der Waals surface area contributed by atoms with Crippen LogP contribution in [0.5, 0.6) is 0 Å². The monoisotopic (exact) mass is 140 g/mol. The first-order chi connectivity index (χ1) is 4.79. The van der Waals surface area contributed by atoms with Crippen LogP contribution in [0.25, 0.3) is 0 Å². The zero-order valence-corrected chi connectivity index (χ0v) is 6.39. The van der Waals surface area contributed by atoms with Crippen molar-refractivity contribution >= 4 is 5.91 Å². The molecule has 1 radical (unpaired) electrons. The van der Waals surface area contributed by atoms with Gasteiger partial charge in [0.2, 0.25) is 5.91 Å². The van der Waals surface area contributed by atoms with Crippen molar-refractivity contribution in [1.29, 1.82) is 0 Å². The highest BCUT2D eigenvalue weighted by molar-refractivity contribution is 5.73. The molecule has 10 heavy (non-hydrogen) atoms. The van der Waals surface area contributed by atoms with Gasteiger partial charge in [0, 0.05) is 13.0 Å². The van der Waals surface area contributed by atoms with E-state index in [1.54, 1.807) is 6.92 Å². The first kappa shape index (κ1) is 7.58. The third-order valence-corrected chi connectivity index (χ3v) is 1.82. The maximum absolute atomic E-state index is 10.6. The Balaban J connectivity index is 2.19. The number of rotatable bonds is 1. The van der Waals surface area contributed by atoms with Gasteiger partial charge >= 0.3 is 0 Å². The Morgan fingerprint density at radius 1 is 1.70 bits per heavy atom. The van der Waals surface area contributed by atoms with Crippen LogP contribution in [-0.2, 0) is 4.79 Å². The predicted octanol–water partition coefficient (Wildman–Crippen LogP) is 1.27. The van der Waals surface area contributed by atoms with Crippen molar-refractivity contribution in [3.05, 3.63) is 6.42 Å². The molecule has 1 aliphatic rings. The fourth-order valence-corrected chi connectivity index (χ4v) is 1.36. The van der Waals surface area contributed by atoms with Crippen LogP contribution in [0.2, 0.25) is 0 Å². The molecule has 2 heteroatoms. The van der Waals surface area contributed by atoms with E-state index in [1.807, 2.05) is 0 Å². The standard InChI is InChI=1S/C8H14NO/c1-7(10)9-8-5-3-2-4-6-8/h3,8H,2,4-6H2,1H3,(H,9,10). The highest BCUT2D eigenvalue weighted by atomic mass is 16.1. The van der Waals surface area contributed by atoms with Gasteiger partial charge < -0.3 is 5.32 Å². The summed E-state index contributed by atoms with van der Waals surface area (Å²) < 4.78 is 0. The highest BCUT2D eigenvalue weighted by Crippen LogP contribution is 2.15. The van der Waals surface area contributed by atoms with Crippen LogP contribution in [0.4, 0.5) is 0 Å². The third kappa shape index (κ3) is 2.38. The average Bonchev–Trinajstić information content (AvgIpc) is 1.88. The van der Waals surface area contributed by atoms with Gasteiger partial charge in [-0.2, -0.15) is 0 Å². The van der Waals surface area contributed by atoms with Crippen LogP contribution >= 0.6 is 0 Å². The van der Waals surface area contributed by atoms with Crippen LogP contribution in [0.1, 0.15) is 32.6 Å². The molecule has 0 saturated heterocycles. The number of carbonyl (C=O) groups excluding carboxylic acids is 1. The number of hydrogen-bond donors (Lipinski definition) is 1. The van der Waals surface area contributed by atoms with Gasteiger partial charge in [0.15, 0.2) is 0 Å². The zero-order valence-electron chi connectivity index (χ0n) is 6.39. The topological polar surface area (TPSA) is 29.1 Å². The summed E-state index contributed by atoms with van der Waals surface area (Å²) in [6.45, 7) is 1.58. The van der Waals surface area contributed by atoms with Crippen LogP contribution in [0, 0.1) is 6.42 Å². The molecule has 1 unspecified atom stereocenters. The molecule has 1 atom stereocenters. The largest absolute Gasteiger partial charge is 0.354 e. The summed E-state index contributed by atoms with van der Waals surface area (Å²) in [7, 11) is 0. The Bertz CT molecular complexity index is 116. The Kier molecular flexibility index (Phi) is 2.72. The smallest absolute Gasteiger partial charge is 0.217 e. The van der Waals surface area contributed by atoms with Gasteiger partial charge in [0.05, 0.1) is 0 Å². The minimum absolute atomic E-state index is 0.0975. The van der Waals surface area contributed by atoms with Gasteiger partial charge in [0.25, 0.3) is 0 Å². The molecular weight excluding hydrogens is 126 g/mol. The molecule has 1 saturated carbocycles. The maximum atomic E-state index is 10.6. The molecule has 0 bridgehead atoms. The molecule has 1 aliphatic carbocycles. The molecular formula is C8H14NO. The molecule has 0 aliphatic heterocycles. The first-order valence-electron chi connectivity index (χ1n) is 3.88. The quantitative estimate of drug-likeness (QED) is 0.584. The average molecular weight is 140 g/mol. The molecule has 0 aromatic rings. The van der Waals surface area contributed by atoms with Crippen molar-refractivity contribution in [3.8, 4) is 0 Å². The van der Waals surface area contributed by atoms with E-state index in [9.17, 15) is 4.79 Å². The summed E-state index contributed by atoms with van der Waals surface area (Å²) in [5, 5.41) is 2.91. The lowest BCUT2D eigenvalue weighted by molar-refractivity contribution is -0.119. The van der Waals surface area contributed by atoms with E-state index < -0.39 is 0 Å². The molecule has 1 fully saturated rings. The molecule has 2 nitrogen and oxygen atoms in total. The maximum Gasteiger partial charge on any atom is 0.217 e. The second-order valence-electron chi connectivity index (χ2n) is 2.85. The Hall–Kier alpha value is -0.530. The zero-order chi connectivity index (χ0) is 7.40. The molecule has 1 amide bonds. The highest BCUT2D eigenvalue weighted by Gasteiger charge is 2.13. The molecule has 57 valence electrons. The summed E-state index contributed by atoms with van der Waals surface area (Å²) in [6, 6.07) is 0.422. The molecule has 0 spiro atoms. The molecule has 0 aromatic carbocycles. The predicted molar refractivity (Wildman–Crippen MR) is 40.4 cm³/mol. The number of nitrogens with one attached hydrogen (secondary N) is 1. The van der Waals surface area contributed by atoms with Crippen LogP contribution < -0.4 is 5.32 Å². The van der Waals surface area contributed by atoms with Crippen LogP contribution in [0.15, 0.2) is 0 Å². The first-order valence-corrected chi connectivity index (χ1v) is 3.88. The van der Waals surface area contributed by atoms with Crippen molar-refractivity contribution in [2.24, 2.45) is 0 Å². The molecule has 1 rings (SSSR count). The molecule has 0 heterocycles. The van der Waals surface area contributed by atoms with Gasteiger partial charge in [-0.1, -0.05) is 12.8 Å². The fourth-order valence-electron chi connectivity index (χ4n) is 1.36. The van der Waals surface area contributed by atoms with Crippen molar-refractivity contribution < 1.29 is 4.79 Å². The van der Waals surface area contributed by atoms with Crippen LogP contribution in [-0.4, -0.2) is 11.9 Å². The molecule has 0 aromatic heterocycles. The van der Waals surface area contributed by atoms with Gasteiger partial charge in [0.1, 0.15) is 0 Å². The summed E-state index contributed by atoms with van der Waals surface area (Å²) in [5.41, 5.74) is 0. The number of hydrogen-bond acceptors (Lipinski definition) is 1. The summed E-state index contributed by atoms with van der Waals surface area (Å²) >= 11 is 0. The van der Waals surface area contributed by atoms with Gasteiger partial charge in [-0.3, -0.25) is 4.79 Å². The Morgan fingerprint density at radius 2 is 2.50 bits per heavy atom. The number of amides is 1.